The molecule has 0 bridgehead atoms. The third-order valence-electron chi connectivity index (χ3n) is 1.51. The Kier molecular flexibility index (Phi) is 1.86. The Balaban J connectivity index is 2.23. The Morgan fingerprint density at radius 2 is 2.25 bits per heavy atom. The van der Waals surface area contributed by atoms with Crippen LogP contribution in [0.3, 0.4) is 0 Å². The Bertz CT molecular complexity index is 66.9. The maximum atomic E-state index is 5.50. The Hall–Kier alpha value is -0.0800. The molecule has 8 heavy (non-hydrogen) atoms. The van der Waals surface area contributed by atoms with Crippen LogP contribution in [0, 0.1) is 0 Å². The van der Waals surface area contributed by atoms with Crippen molar-refractivity contribution in [1.29, 1.82) is 0 Å². The number of hydrogen-bond donors (Lipinski definition) is 1. The highest BCUT2D eigenvalue weighted by molar-refractivity contribution is 4.62. The first-order chi connectivity index (χ1) is 3.79. The lowest BCUT2D eigenvalue weighted by atomic mass is 10.1. The first-order valence-electron chi connectivity index (χ1n) is 3.20. The van der Waals surface area contributed by atoms with Crippen LogP contribution in [-0.2, 0) is 4.74 Å². The number of ether oxygens (including phenoxy) is 1. The van der Waals surface area contributed by atoms with Crippen LogP contribution in [-0.4, -0.2) is 12.3 Å². The van der Waals surface area contributed by atoms with Crippen LogP contribution in [0.5, 0.6) is 0 Å². The van der Waals surface area contributed by atoms with Gasteiger partial charge in [-0.3, -0.25) is 0 Å². The van der Waals surface area contributed by atoms with Crippen LogP contribution in [0.15, 0.2) is 0 Å². The molecule has 0 amide bonds. The van der Waals surface area contributed by atoms with E-state index in [1.165, 1.54) is 12.8 Å². The van der Waals surface area contributed by atoms with Crippen LogP contribution in [0.4, 0.5) is 0 Å². The fraction of sp³-hybridized carbons (Fsp3) is 1.00. The average molecular weight is 115 g/mol. The Morgan fingerprint density at radius 3 is 2.62 bits per heavy atom. The summed E-state index contributed by atoms with van der Waals surface area (Å²) >= 11 is 0. The lowest BCUT2D eigenvalue weighted by Crippen LogP contribution is -2.32. The summed E-state index contributed by atoms with van der Waals surface area (Å²) in [7, 11) is 0. The van der Waals surface area contributed by atoms with E-state index < -0.39 is 0 Å². The second kappa shape index (κ2) is 2.46. The van der Waals surface area contributed by atoms with E-state index in [1.54, 1.807) is 0 Å². The van der Waals surface area contributed by atoms with E-state index in [0.29, 0.717) is 6.10 Å². The molecule has 2 N–H and O–H groups in total. The van der Waals surface area contributed by atoms with Gasteiger partial charge in [0.15, 0.2) is 0 Å². The van der Waals surface area contributed by atoms with Crippen molar-refractivity contribution >= 4 is 0 Å². The quantitative estimate of drug-likeness (QED) is 0.508. The van der Waals surface area contributed by atoms with Crippen molar-refractivity contribution in [3.63, 3.8) is 0 Å². The van der Waals surface area contributed by atoms with Crippen molar-refractivity contribution in [2.45, 2.75) is 38.5 Å². The monoisotopic (exact) mass is 115 g/mol. The molecule has 1 fully saturated rings. The average Bonchev–Trinajstić information content (AvgIpc) is 1.64. The number of nitrogens with two attached hydrogens (primary N) is 1. The zero-order chi connectivity index (χ0) is 5.98. The maximum Gasteiger partial charge on any atom is 0.105 e. The minimum absolute atomic E-state index is 0.0127. The standard InChI is InChI=1S/C6H13NO/c1-5-3-2-4-6(7)8-5/h5-6H,2-4,7H2,1H3. The minimum atomic E-state index is 0.0127. The highest BCUT2D eigenvalue weighted by Gasteiger charge is 2.14. The molecule has 0 aromatic heterocycles. The predicted octanol–water partition coefficient (Wildman–Crippen LogP) is 0.860. The molecule has 48 valence electrons. The topological polar surface area (TPSA) is 35.2 Å². The number of hydrogen-bond acceptors (Lipinski definition) is 2. The molecule has 0 spiro atoms. The second-order valence-electron chi connectivity index (χ2n) is 2.42. The van der Waals surface area contributed by atoms with Crippen LogP contribution in [0.2, 0.25) is 0 Å². The summed E-state index contributed by atoms with van der Waals surface area (Å²) in [6.45, 7) is 2.07. The highest BCUT2D eigenvalue weighted by atomic mass is 16.5. The fourth-order valence-electron chi connectivity index (χ4n) is 1.04. The zero-order valence-corrected chi connectivity index (χ0v) is 5.26. The summed E-state index contributed by atoms with van der Waals surface area (Å²) in [5.74, 6) is 0. The summed E-state index contributed by atoms with van der Waals surface area (Å²) in [4.78, 5) is 0. The fourth-order valence-corrected chi connectivity index (χ4v) is 1.04. The van der Waals surface area contributed by atoms with E-state index in [1.807, 2.05) is 0 Å². The van der Waals surface area contributed by atoms with Gasteiger partial charge in [-0.1, -0.05) is 0 Å². The first kappa shape index (κ1) is 6.05. The van der Waals surface area contributed by atoms with Gasteiger partial charge in [-0.05, 0) is 26.2 Å². The maximum absolute atomic E-state index is 5.50. The largest absolute Gasteiger partial charge is 0.361 e. The third-order valence-corrected chi connectivity index (χ3v) is 1.51. The summed E-state index contributed by atoms with van der Waals surface area (Å²) in [6.07, 6.45) is 3.83. The molecule has 2 atom stereocenters. The molecule has 1 aliphatic heterocycles. The molecule has 2 heteroatoms. The van der Waals surface area contributed by atoms with Crippen molar-refractivity contribution in [2.75, 3.05) is 0 Å². The third kappa shape index (κ3) is 1.46. The zero-order valence-electron chi connectivity index (χ0n) is 5.26. The van der Waals surface area contributed by atoms with Gasteiger partial charge in [0.2, 0.25) is 0 Å². The number of rotatable bonds is 0. The first-order valence-corrected chi connectivity index (χ1v) is 3.20. The highest BCUT2D eigenvalue weighted by Crippen LogP contribution is 2.14. The Labute approximate surface area is 50.0 Å². The second-order valence-corrected chi connectivity index (χ2v) is 2.42. The molecule has 1 heterocycles. The van der Waals surface area contributed by atoms with Gasteiger partial charge in [-0.2, -0.15) is 0 Å². The molecule has 0 aliphatic carbocycles. The molecule has 1 rings (SSSR count). The van der Waals surface area contributed by atoms with Crippen molar-refractivity contribution in [3.05, 3.63) is 0 Å². The normalized spacial score (nSPS) is 39.8. The molecular weight excluding hydrogens is 102 g/mol. The van der Waals surface area contributed by atoms with E-state index in [9.17, 15) is 0 Å². The molecule has 1 aliphatic rings. The van der Waals surface area contributed by atoms with Gasteiger partial charge < -0.3 is 10.5 Å². The Morgan fingerprint density at radius 1 is 1.50 bits per heavy atom. The van der Waals surface area contributed by atoms with E-state index >= 15 is 0 Å². The molecule has 0 radical (unpaired) electrons. The van der Waals surface area contributed by atoms with Crippen molar-refractivity contribution in [3.8, 4) is 0 Å². The van der Waals surface area contributed by atoms with Gasteiger partial charge in [0.05, 0.1) is 6.10 Å². The summed E-state index contributed by atoms with van der Waals surface area (Å²) in [5, 5.41) is 0. The molecular formula is C6H13NO. The van der Waals surface area contributed by atoms with Gasteiger partial charge in [0.1, 0.15) is 6.23 Å². The van der Waals surface area contributed by atoms with E-state index in [4.69, 9.17) is 10.5 Å². The molecule has 0 aromatic carbocycles. The van der Waals surface area contributed by atoms with E-state index in [-0.39, 0.29) is 6.23 Å². The van der Waals surface area contributed by atoms with Crippen LogP contribution in [0.1, 0.15) is 26.2 Å². The smallest absolute Gasteiger partial charge is 0.105 e. The predicted molar refractivity (Wildman–Crippen MR) is 32.4 cm³/mol. The van der Waals surface area contributed by atoms with Gasteiger partial charge >= 0.3 is 0 Å². The molecule has 0 aromatic rings. The van der Waals surface area contributed by atoms with Gasteiger partial charge in [0, 0.05) is 0 Å². The minimum Gasteiger partial charge on any atom is -0.361 e. The van der Waals surface area contributed by atoms with Crippen molar-refractivity contribution in [1.82, 2.24) is 0 Å². The van der Waals surface area contributed by atoms with Crippen molar-refractivity contribution < 1.29 is 4.74 Å². The molecule has 2 unspecified atom stereocenters. The van der Waals surface area contributed by atoms with Crippen LogP contribution < -0.4 is 5.73 Å². The molecule has 0 saturated carbocycles. The van der Waals surface area contributed by atoms with Crippen LogP contribution in [0.25, 0.3) is 0 Å². The van der Waals surface area contributed by atoms with Gasteiger partial charge in [-0.25, -0.2) is 0 Å². The summed E-state index contributed by atoms with van der Waals surface area (Å²) in [5.41, 5.74) is 5.50. The molecule has 1 saturated heterocycles. The van der Waals surface area contributed by atoms with Crippen molar-refractivity contribution in [2.24, 2.45) is 5.73 Å². The summed E-state index contributed by atoms with van der Waals surface area (Å²) < 4.78 is 5.26. The van der Waals surface area contributed by atoms with Gasteiger partial charge in [-0.15, -0.1) is 0 Å². The lowest BCUT2D eigenvalue weighted by molar-refractivity contribution is -0.0357. The van der Waals surface area contributed by atoms with E-state index in [0.717, 1.165) is 6.42 Å². The lowest BCUT2D eigenvalue weighted by Gasteiger charge is -2.24. The molecule has 2 nitrogen and oxygen atoms in total. The van der Waals surface area contributed by atoms with Gasteiger partial charge in [0.25, 0.3) is 0 Å². The van der Waals surface area contributed by atoms with E-state index in [2.05, 4.69) is 6.92 Å². The SMILES string of the molecule is CC1CCCC(N)O1. The summed E-state index contributed by atoms with van der Waals surface area (Å²) in [6, 6.07) is 0. The van der Waals surface area contributed by atoms with Crippen LogP contribution >= 0.6 is 0 Å².